The molecule has 2 N–H and O–H groups in total. The van der Waals surface area contributed by atoms with E-state index in [4.69, 9.17) is 16.3 Å². The smallest absolute Gasteiger partial charge is 0.234 e. The number of benzene rings is 2. The van der Waals surface area contributed by atoms with Crippen molar-refractivity contribution in [1.29, 1.82) is 0 Å². The summed E-state index contributed by atoms with van der Waals surface area (Å²) in [4.78, 5) is 31.5. The van der Waals surface area contributed by atoms with Crippen LogP contribution in [0.3, 0.4) is 0 Å². The minimum Gasteiger partial charge on any atom is -0.361 e. The molecule has 2 bridgehead atoms. The summed E-state index contributed by atoms with van der Waals surface area (Å²) in [6.07, 6.45) is 6.24. The van der Waals surface area contributed by atoms with Crippen molar-refractivity contribution in [2.45, 2.75) is 18.1 Å². The number of carbonyl (C=O) groups excluding carboxylic acids is 2. The second-order valence-electron chi connectivity index (χ2n) is 8.70. The Morgan fingerprint density at radius 2 is 2.03 bits per heavy atom. The van der Waals surface area contributed by atoms with E-state index in [1.165, 1.54) is 0 Å². The number of carbonyl (C=O) groups is 2. The largest absolute Gasteiger partial charge is 0.361 e. The molecular weight excluding hydrogens is 426 g/mol. The zero-order valence-corrected chi connectivity index (χ0v) is 18.0. The Morgan fingerprint density at radius 1 is 1.22 bits per heavy atom. The standard InChI is InChI=1S/C25H22ClN3O3/c26-16-5-7-17(8-6-16)29-14-25-11-9-20(32-25)21(22(25)24(29)31)23(30)27-12-10-15-13-28-19-4-2-1-3-18(15)19/h1-9,11,13,20-22,28H,10,12,14H2,(H,27,30)/t20-,21+,22+,25+/m1/s1. The molecule has 2 saturated heterocycles. The average molecular weight is 448 g/mol. The van der Waals surface area contributed by atoms with E-state index in [-0.39, 0.29) is 17.9 Å². The number of amides is 2. The van der Waals surface area contributed by atoms with E-state index in [9.17, 15) is 9.59 Å². The number of nitrogens with zero attached hydrogens (tertiary/aromatic N) is 1. The highest BCUT2D eigenvalue weighted by Crippen LogP contribution is 2.52. The Hall–Kier alpha value is -3.09. The maximum atomic E-state index is 13.4. The van der Waals surface area contributed by atoms with Crippen molar-refractivity contribution in [2.24, 2.45) is 11.8 Å². The van der Waals surface area contributed by atoms with Crippen molar-refractivity contribution in [1.82, 2.24) is 10.3 Å². The van der Waals surface area contributed by atoms with E-state index >= 15 is 0 Å². The second-order valence-corrected chi connectivity index (χ2v) is 9.14. The number of aromatic nitrogens is 1. The third kappa shape index (κ3) is 2.90. The third-order valence-corrected chi connectivity index (χ3v) is 7.16. The number of nitrogens with one attached hydrogen (secondary N) is 2. The molecule has 0 unspecified atom stereocenters. The van der Waals surface area contributed by atoms with Gasteiger partial charge in [0.1, 0.15) is 5.60 Å². The number of hydrogen-bond acceptors (Lipinski definition) is 3. The molecule has 2 fully saturated rings. The van der Waals surface area contributed by atoms with Gasteiger partial charge in [0, 0.05) is 34.4 Å². The van der Waals surface area contributed by atoms with Crippen LogP contribution in [0.1, 0.15) is 5.56 Å². The number of rotatable bonds is 5. The minimum atomic E-state index is -0.736. The van der Waals surface area contributed by atoms with Gasteiger partial charge in [-0.2, -0.15) is 0 Å². The van der Waals surface area contributed by atoms with Gasteiger partial charge in [-0.05, 0) is 42.3 Å². The van der Waals surface area contributed by atoms with Crippen LogP contribution in [0.4, 0.5) is 5.69 Å². The lowest BCUT2D eigenvalue weighted by Crippen LogP contribution is -2.44. The van der Waals surface area contributed by atoms with Crippen LogP contribution in [-0.4, -0.2) is 41.6 Å². The molecule has 1 spiro atoms. The van der Waals surface area contributed by atoms with Gasteiger partial charge < -0.3 is 19.9 Å². The first-order chi connectivity index (χ1) is 15.6. The van der Waals surface area contributed by atoms with Crippen LogP contribution < -0.4 is 10.2 Å². The molecule has 2 amide bonds. The molecule has 32 heavy (non-hydrogen) atoms. The summed E-state index contributed by atoms with van der Waals surface area (Å²) >= 11 is 6.00. The molecule has 0 aliphatic carbocycles. The molecule has 7 heteroatoms. The summed E-state index contributed by atoms with van der Waals surface area (Å²) in [7, 11) is 0. The molecule has 6 rings (SSSR count). The Balaban J connectivity index is 1.18. The fourth-order valence-corrected chi connectivity index (χ4v) is 5.54. The highest BCUT2D eigenvalue weighted by molar-refractivity contribution is 6.30. The lowest BCUT2D eigenvalue weighted by molar-refractivity contribution is -0.131. The molecular formula is C25H22ClN3O3. The van der Waals surface area contributed by atoms with Crippen molar-refractivity contribution in [2.75, 3.05) is 18.0 Å². The van der Waals surface area contributed by atoms with Crippen molar-refractivity contribution < 1.29 is 14.3 Å². The number of H-pyrrole nitrogens is 1. The Kier molecular flexibility index (Phi) is 4.42. The quantitative estimate of drug-likeness (QED) is 0.588. The van der Waals surface area contributed by atoms with Crippen molar-refractivity contribution in [3.8, 4) is 0 Å². The highest BCUT2D eigenvalue weighted by atomic mass is 35.5. The predicted molar refractivity (Wildman–Crippen MR) is 123 cm³/mol. The van der Waals surface area contributed by atoms with Gasteiger partial charge >= 0.3 is 0 Å². The first-order valence-electron chi connectivity index (χ1n) is 10.8. The van der Waals surface area contributed by atoms with Crippen molar-refractivity contribution in [3.63, 3.8) is 0 Å². The van der Waals surface area contributed by atoms with E-state index in [1.54, 1.807) is 17.0 Å². The zero-order chi connectivity index (χ0) is 21.9. The normalized spacial score (nSPS) is 28.0. The third-order valence-electron chi connectivity index (χ3n) is 6.91. The fraction of sp³-hybridized carbons (Fsp3) is 0.280. The average Bonchev–Trinajstić information content (AvgIpc) is 3.54. The zero-order valence-electron chi connectivity index (χ0n) is 17.3. The van der Waals surface area contributed by atoms with E-state index in [2.05, 4.69) is 16.4 Å². The van der Waals surface area contributed by atoms with Gasteiger partial charge in [0.2, 0.25) is 11.8 Å². The summed E-state index contributed by atoms with van der Waals surface area (Å²) in [6.45, 7) is 0.909. The molecule has 0 radical (unpaired) electrons. The minimum absolute atomic E-state index is 0.0732. The van der Waals surface area contributed by atoms with Crippen LogP contribution in [0.25, 0.3) is 10.9 Å². The molecule has 3 aliphatic rings. The topological polar surface area (TPSA) is 74.4 Å². The van der Waals surface area contributed by atoms with Gasteiger partial charge in [0.15, 0.2) is 0 Å². The maximum Gasteiger partial charge on any atom is 0.234 e. The Bertz CT molecular complexity index is 1250. The summed E-state index contributed by atoms with van der Waals surface area (Å²) in [6, 6.07) is 15.3. The van der Waals surface area contributed by atoms with Crippen LogP contribution in [0.2, 0.25) is 5.02 Å². The summed E-state index contributed by atoms with van der Waals surface area (Å²) < 4.78 is 6.21. The Morgan fingerprint density at radius 3 is 2.88 bits per heavy atom. The highest BCUT2D eigenvalue weighted by Gasteiger charge is 2.67. The number of anilines is 1. The molecule has 162 valence electrons. The molecule has 4 atom stereocenters. The number of fused-ring (bicyclic) bond motifs is 2. The summed E-state index contributed by atoms with van der Waals surface area (Å²) in [5, 5.41) is 4.83. The summed E-state index contributed by atoms with van der Waals surface area (Å²) in [5.41, 5.74) is 2.27. The lowest BCUT2D eigenvalue weighted by Gasteiger charge is -2.23. The van der Waals surface area contributed by atoms with Gasteiger partial charge in [-0.25, -0.2) is 0 Å². The predicted octanol–water partition coefficient (Wildman–Crippen LogP) is 3.47. The molecule has 3 aromatic rings. The monoisotopic (exact) mass is 447 g/mol. The van der Waals surface area contributed by atoms with E-state index in [0.29, 0.717) is 24.5 Å². The van der Waals surface area contributed by atoms with Crippen LogP contribution in [0, 0.1) is 11.8 Å². The van der Waals surface area contributed by atoms with E-state index in [0.717, 1.165) is 22.2 Å². The number of hydrogen-bond donors (Lipinski definition) is 2. The number of ether oxygens (including phenoxy) is 1. The molecule has 6 nitrogen and oxygen atoms in total. The first-order valence-corrected chi connectivity index (χ1v) is 11.2. The Labute approximate surface area is 190 Å². The first kappa shape index (κ1) is 19.6. The maximum absolute atomic E-state index is 13.4. The van der Waals surface area contributed by atoms with Gasteiger partial charge in [0.05, 0.1) is 24.5 Å². The molecule has 3 aliphatic heterocycles. The van der Waals surface area contributed by atoms with Gasteiger partial charge in [-0.3, -0.25) is 9.59 Å². The van der Waals surface area contributed by atoms with Gasteiger partial charge in [-0.1, -0.05) is 42.0 Å². The van der Waals surface area contributed by atoms with Gasteiger partial charge in [0.25, 0.3) is 0 Å². The lowest BCUT2D eigenvalue weighted by atomic mass is 9.77. The second kappa shape index (κ2) is 7.22. The molecule has 4 heterocycles. The van der Waals surface area contributed by atoms with E-state index < -0.39 is 17.4 Å². The van der Waals surface area contributed by atoms with Crippen LogP contribution in [0.5, 0.6) is 0 Å². The summed E-state index contributed by atoms with van der Waals surface area (Å²) in [5.74, 6) is -1.23. The van der Waals surface area contributed by atoms with Crippen LogP contribution in [-0.2, 0) is 20.7 Å². The number of aromatic amines is 1. The van der Waals surface area contributed by atoms with E-state index in [1.807, 2.05) is 48.7 Å². The molecule has 2 aromatic carbocycles. The van der Waals surface area contributed by atoms with Crippen molar-refractivity contribution >= 4 is 40.0 Å². The number of para-hydroxylation sites is 1. The number of halogens is 1. The van der Waals surface area contributed by atoms with Crippen LogP contribution in [0.15, 0.2) is 66.9 Å². The SMILES string of the molecule is O=C(NCCc1c[nH]c2ccccc12)[C@@H]1[C@H]2C(=O)N(c3ccc(Cl)cc3)C[C@@]23C=C[C@H]1O3. The van der Waals surface area contributed by atoms with Crippen LogP contribution >= 0.6 is 11.6 Å². The van der Waals surface area contributed by atoms with Crippen molar-refractivity contribution in [3.05, 3.63) is 77.5 Å². The fourth-order valence-electron chi connectivity index (χ4n) is 5.41. The van der Waals surface area contributed by atoms with Gasteiger partial charge in [-0.15, -0.1) is 0 Å². The molecule has 1 aromatic heterocycles. The molecule has 0 saturated carbocycles.